The van der Waals surface area contributed by atoms with Gasteiger partial charge in [-0.15, -0.1) is 11.8 Å². The first-order valence-corrected chi connectivity index (χ1v) is 14.2. The Morgan fingerprint density at radius 3 is 2.45 bits per heavy atom. The highest BCUT2D eigenvalue weighted by molar-refractivity contribution is 7.99. The highest BCUT2D eigenvalue weighted by Gasteiger charge is 2.28. The van der Waals surface area contributed by atoms with Gasteiger partial charge in [0, 0.05) is 16.9 Å². The Balaban J connectivity index is 1.60. The third-order valence-corrected chi connectivity index (χ3v) is 7.51. The van der Waals surface area contributed by atoms with Crippen molar-refractivity contribution >= 4 is 29.4 Å². The van der Waals surface area contributed by atoms with Crippen LogP contribution in [0.2, 0.25) is 0 Å². The van der Waals surface area contributed by atoms with Gasteiger partial charge in [0.05, 0.1) is 25.3 Å². The lowest BCUT2D eigenvalue weighted by Crippen LogP contribution is -2.53. The molecule has 0 radical (unpaired) electrons. The highest BCUT2D eigenvalue weighted by Crippen LogP contribution is 2.26. The van der Waals surface area contributed by atoms with E-state index in [4.69, 9.17) is 9.26 Å². The molecule has 3 atom stereocenters. The van der Waals surface area contributed by atoms with Gasteiger partial charge in [0.25, 0.3) is 5.89 Å². The van der Waals surface area contributed by atoms with E-state index in [0.29, 0.717) is 40.8 Å². The number of halogens is 1. The van der Waals surface area contributed by atoms with Crippen molar-refractivity contribution < 1.29 is 28.0 Å². The number of hydrogen-bond donors (Lipinski definition) is 2. The molecule has 11 heteroatoms. The molecule has 0 saturated carbocycles. The Morgan fingerprint density at radius 1 is 1.10 bits per heavy atom. The van der Waals surface area contributed by atoms with Gasteiger partial charge in [0.2, 0.25) is 11.8 Å². The highest BCUT2D eigenvalue weighted by atomic mass is 32.2. The molecule has 0 aliphatic carbocycles. The molecule has 2 amide bonds. The van der Waals surface area contributed by atoms with E-state index in [1.165, 1.54) is 31.0 Å². The van der Waals surface area contributed by atoms with Crippen LogP contribution in [0, 0.1) is 18.7 Å². The van der Waals surface area contributed by atoms with Crippen LogP contribution in [-0.4, -0.2) is 52.7 Å². The third-order valence-electron chi connectivity index (χ3n) is 6.49. The number of carbonyl (C=O) groups excluding carboxylic acids is 3. The molecule has 3 aromatic rings. The fraction of sp³-hybridized carbons (Fsp3) is 0.414. The van der Waals surface area contributed by atoms with E-state index in [-0.39, 0.29) is 35.6 Å². The molecule has 3 rings (SSSR count). The van der Waals surface area contributed by atoms with Gasteiger partial charge < -0.3 is 19.9 Å². The van der Waals surface area contributed by atoms with Crippen LogP contribution in [0.3, 0.4) is 0 Å². The van der Waals surface area contributed by atoms with Gasteiger partial charge in [-0.25, -0.2) is 4.39 Å². The average molecular weight is 571 g/mol. The number of amides is 2. The van der Waals surface area contributed by atoms with Crippen LogP contribution in [0.4, 0.5) is 4.39 Å². The number of hydrogen-bond acceptors (Lipinski definition) is 8. The summed E-state index contributed by atoms with van der Waals surface area (Å²) in [7, 11) is 1.51. The van der Waals surface area contributed by atoms with Crippen LogP contribution in [0.5, 0.6) is 5.75 Å². The normalized spacial score (nSPS) is 13.2. The van der Waals surface area contributed by atoms with Crippen LogP contribution in [0.25, 0.3) is 11.5 Å². The number of Topliss-reactive ketones (excluding diaryl/α,β-unsaturated/α-hetero) is 1. The molecule has 0 unspecified atom stereocenters. The van der Waals surface area contributed by atoms with Crippen LogP contribution < -0.4 is 15.4 Å². The Kier molecular flexibility index (Phi) is 11.2. The summed E-state index contributed by atoms with van der Waals surface area (Å²) in [6, 6.07) is 9.78. The van der Waals surface area contributed by atoms with Gasteiger partial charge in [0.15, 0.2) is 11.6 Å². The molecule has 0 spiro atoms. The number of nitrogens with zero attached hydrogens (tertiary/aromatic N) is 2. The number of rotatable bonds is 14. The van der Waals surface area contributed by atoms with Crippen molar-refractivity contribution in [1.82, 2.24) is 20.8 Å². The van der Waals surface area contributed by atoms with E-state index in [0.717, 1.165) is 5.56 Å². The number of carbonyl (C=O) groups is 3. The van der Waals surface area contributed by atoms with Crippen molar-refractivity contribution in [2.45, 2.75) is 58.4 Å². The second-order valence-electron chi connectivity index (χ2n) is 9.60. The lowest BCUT2D eigenvalue weighted by atomic mass is 9.97. The standard InChI is InChI=1S/C29H35FN4O5S/c1-6-17(2)27(28(37)31-18(3)24(35)16-40-15-20-7-10-23(30)11-8-20)33-26(36)14-22-13-21(9-12-25(22)38-5)29-32-19(4)34-39-29/h7-13,17-18,27H,6,14-16H2,1-5H3,(H,31,37)(H,33,36)/t17-,18+,27+/m1/s1. The van der Waals surface area contributed by atoms with E-state index in [1.807, 2.05) is 13.8 Å². The summed E-state index contributed by atoms with van der Waals surface area (Å²) in [6.07, 6.45) is 0.600. The zero-order chi connectivity index (χ0) is 29.2. The Morgan fingerprint density at radius 2 is 1.82 bits per heavy atom. The Bertz CT molecular complexity index is 1310. The number of thioether (sulfide) groups is 1. The number of methoxy groups -OCH3 is 1. The Labute approximate surface area is 237 Å². The zero-order valence-corrected chi connectivity index (χ0v) is 24.1. The number of benzene rings is 2. The van der Waals surface area contributed by atoms with E-state index in [2.05, 4.69) is 20.8 Å². The number of aryl methyl sites for hydroxylation is 1. The second kappa shape index (κ2) is 14.6. The molecule has 214 valence electrons. The number of nitrogens with one attached hydrogen (secondary N) is 2. The average Bonchev–Trinajstić information content (AvgIpc) is 3.38. The first-order chi connectivity index (χ1) is 19.1. The van der Waals surface area contributed by atoms with Crippen LogP contribution in [-0.2, 0) is 26.6 Å². The summed E-state index contributed by atoms with van der Waals surface area (Å²) < 4.78 is 23.7. The van der Waals surface area contributed by atoms with Gasteiger partial charge in [-0.1, -0.05) is 37.6 Å². The predicted molar refractivity (Wildman–Crippen MR) is 151 cm³/mol. The lowest BCUT2D eigenvalue weighted by Gasteiger charge is -2.25. The molecule has 1 aromatic heterocycles. The maximum absolute atomic E-state index is 13.2. The maximum Gasteiger partial charge on any atom is 0.257 e. The second-order valence-corrected chi connectivity index (χ2v) is 10.6. The van der Waals surface area contributed by atoms with E-state index in [1.54, 1.807) is 44.2 Å². The molecule has 2 N–H and O–H groups in total. The van der Waals surface area contributed by atoms with Crippen molar-refractivity contribution in [3.05, 3.63) is 65.2 Å². The molecule has 0 saturated heterocycles. The molecular weight excluding hydrogens is 535 g/mol. The van der Waals surface area contributed by atoms with E-state index in [9.17, 15) is 18.8 Å². The number of ether oxygens (including phenoxy) is 1. The lowest BCUT2D eigenvalue weighted by molar-refractivity contribution is -0.131. The molecule has 0 bridgehead atoms. The summed E-state index contributed by atoms with van der Waals surface area (Å²) in [6.45, 7) is 7.14. The fourth-order valence-electron chi connectivity index (χ4n) is 3.92. The molecule has 0 fully saturated rings. The van der Waals surface area contributed by atoms with Crippen molar-refractivity contribution in [2.24, 2.45) is 5.92 Å². The van der Waals surface area contributed by atoms with Gasteiger partial charge in [-0.05, 0) is 55.7 Å². The first kappa shape index (κ1) is 30.8. The molecule has 1 heterocycles. The minimum absolute atomic E-state index is 0.0428. The number of aromatic nitrogens is 2. The fourth-order valence-corrected chi connectivity index (χ4v) is 4.90. The summed E-state index contributed by atoms with van der Waals surface area (Å²) >= 11 is 1.39. The minimum Gasteiger partial charge on any atom is -0.496 e. The van der Waals surface area contributed by atoms with Gasteiger partial charge in [0.1, 0.15) is 17.6 Å². The molecule has 2 aromatic carbocycles. The van der Waals surface area contributed by atoms with E-state index < -0.39 is 18.0 Å². The predicted octanol–water partition coefficient (Wildman–Crippen LogP) is 4.27. The van der Waals surface area contributed by atoms with Crippen molar-refractivity contribution in [1.29, 1.82) is 0 Å². The van der Waals surface area contributed by atoms with Crippen molar-refractivity contribution in [3.63, 3.8) is 0 Å². The van der Waals surface area contributed by atoms with Crippen LogP contribution >= 0.6 is 11.8 Å². The monoisotopic (exact) mass is 570 g/mol. The topological polar surface area (TPSA) is 123 Å². The summed E-state index contributed by atoms with van der Waals surface area (Å²) in [5, 5.41) is 9.40. The minimum atomic E-state index is -0.826. The van der Waals surface area contributed by atoms with E-state index >= 15 is 0 Å². The van der Waals surface area contributed by atoms with Crippen LogP contribution in [0.15, 0.2) is 47.0 Å². The van der Waals surface area contributed by atoms with Gasteiger partial charge in [-0.3, -0.25) is 14.4 Å². The zero-order valence-electron chi connectivity index (χ0n) is 23.3. The van der Waals surface area contributed by atoms with Gasteiger partial charge >= 0.3 is 0 Å². The molecular formula is C29H35FN4O5S. The SMILES string of the molecule is CC[C@@H](C)[C@H](NC(=O)Cc1cc(-c2nc(C)no2)ccc1OC)C(=O)N[C@@H](C)C(=O)CSCc1ccc(F)cc1. The maximum atomic E-state index is 13.2. The quantitative estimate of drug-likeness (QED) is 0.295. The molecule has 40 heavy (non-hydrogen) atoms. The summed E-state index contributed by atoms with van der Waals surface area (Å²) in [4.78, 5) is 43.1. The van der Waals surface area contributed by atoms with Crippen molar-refractivity contribution in [3.8, 4) is 17.2 Å². The number of ketones is 1. The summed E-state index contributed by atoms with van der Waals surface area (Å²) in [5.74, 6) is 0.651. The van der Waals surface area contributed by atoms with Gasteiger partial charge in [-0.2, -0.15) is 4.98 Å². The third kappa shape index (κ3) is 8.64. The Hall–Kier alpha value is -3.73. The van der Waals surface area contributed by atoms with Crippen LogP contribution in [0.1, 0.15) is 44.1 Å². The first-order valence-electron chi connectivity index (χ1n) is 13.0. The summed E-state index contributed by atoms with van der Waals surface area (Å²) in [5.41, 5.74) is 2.15. The molecule has 0 aliphatic rings. The largest absolute Gasteiger partial charge is 0.496 e. The molecule has 0 aliphatic heterocycles. The smallest absolute Gasteiger partial charge is 0.257 e. The van der Waals surface area contributed by atoms with Crippen molar-refractivity contribution in [2.75, 3.05) is 12.9 Å². The molecule has 9 nitrogen and oxygen atoms in total.